The van der Waals surface area contributed by atoms with E-state index in [0.717, 1.165) is 25.3 Å². The number of hydrogen-bond donors (Lipinski definition) is 1. The summed E-state index contributed by atoms with van der Waals surface area (Å²) >= 11 is 1.43. The highest BCUT2D eigenvalue weighted by atomic mass is 32.1. The average Bonchev–Trinajstić information content (AvgIpc) is 2.64. The zero-order valence-electron chi connectivity index (χ0n) is 8.60. The van der Waals surface area contributed by atoms with Gasteiger partial charge in [0.1, 0.15) is 0 Å². The molecule has 0 aliphatic carbocycles. The molecule has 4 nitrogen and oxygen atoms in total. The first kappa shape index (κ1) is 10.0. The normalized spacial score (nSPS) is 29.3. The molecule has 1 N–H and O–H groups in total. The van der Waals surface area contributed by atoms with Gasteiger partial charge in [0.25, 0.3) is 0 Å². The van der Waals surface area contributed by atoms with E-state index in [4.69, 9.17) is 0 Å². The second-order valence-corrected chi connectivity index (χ2v) is 4.59. The fourth-order valence-corrected chi connectivity index (χ4v) is 2.22. The molecule has 2 rings (SSSR count). The monoisotopic (exact) mass is 212 g/mol. The molecule has 78 valence electrons. The van der Waals surface area contributed by atoms with Crippen molar-refractivity contribution in [2.45, 2.75) is 32.5 Å². The van der Waals surface area contributed by atoms with E-state index in [9.17, 15) is 0 Å². The lowest BCUT2D eigenvalue weighted by Gasteiger charge is -2.36. The van der Waals surface area contributed by atoms with Gasteiger partial charge in [-0.25, -0.2) is 0 Å². The van der Waals surface area contributed by atoms with Crippen molar-refractivity contribution in [1.29, 1.82) is 0 Å². The van der Waals surface area contributed by atoms with Gasteiger partial charge in [0.15, 0.2) is 0 Å². The average molecular weight is 212 g/mol. The number of nitrogens with zero attached hydrogens (tertiary/aromatic N) is 3. The predicted octanol–water partition coefficient (Wildman–Crippen LogP) is 0.720. The van der Waals surface area contributed by atoms with Crippen molar-refractivity contribution in [3.63, 3.8) is 0 Å². The summed E-state index contributed by atoms with van der Waals surface area (Å²) in [4.78, 5) is 2.46. The van der Waals surface area contributed by atoms with Crippen molar-refractivity contribution in [3.05, 3.63) is 11.1 Å². The smallest absolute Gasteiger partial charge is 0.0895 e. The van der Waals surface area contributed by atoms with Gasteiger partial charge in [0.05, 0.1) is 5.69 Å². The van der Waals surface area contributed by atoms with Crippen LogP contribution < -0.4 is 5.32 Å². The minimum absolute atomic E-state index is 0.581. The molecule has 0 bridgehead atoms. The highest BCUT2D eigenvalue weighted by molar-refractivity contribution is 7.03. The first-order chi connectivity index (χ1) is 6.75. The summed E-state index contributed by atoms with van der Waals surface area (Å²) in [6.07, 6.45) is 0. The maximum Gasteiger partial charge on any atom is 0.0895 e. The first-order valence-electron chi connectivity index (χ1n) is 4.99. The third-order valence-electron chi connectivity index (χ3n) is 2.66. The van der Waals surface area contributed by atoms with Gasteiger partial charge in [0, 0.05) is 37.1 Å². The van der Waals surface area contributed by atoms with Crippen molar-refractivity contribution in [3.8, 4) is 0 Å². The number of aromatic nitrogens is 2. The molecule has 0 amide bonds. The Bertz CT molecular complexity index is 274. The molecule has 1 fully saturated rings. The zero-order valence-corrected chi connectivity index (χ0v) is 9.42. The fraction of sp³-hybridized carbons (Fsp3) is 0.778. The number of piperazine rings is 1. The Labute approximate surface area is 88.5 Å². The summed E-state index contributed by atoms with van der Waals surface area (Å²) in [5.41, 5.74) is 1.09. The zero-order chi connectivity index (χ0) is 9.97. The number of nitrogens with one attached hydrogen (secondary N) is 1. The molecule has 1 aromatic rings. The van der Waals surface area contributed by atoms with Crippen LogP contribution in [0.15, 0.2) is 5.38 Å². The second-order valence-electron chi connectivity index (χ2n) is 3.98. The van der Waals surface area contributed by atoms with Crippen LogP contribution in [0, 0.1) is 0 Å². The van der Waals surface area contributed by atoms with Crippen LogP contribution in [0.1, 0.15) is 19.5 Å². The summed E-state index contributed by atoms with van der Waals surface area (Å²) in [5.74, 6) is 0. The third-order valence-corrected chi connectivity index (χ3v) is 3.22. The summed E-state index contributed by atoms with van der Waals surface area (Å²) in [6, 6.07) is 1.17. The Kier molecular flexibility index (Phi) is 3.10. The molecule has 0 saturated carbocycles. The van der Waals surface area contributed by atoms with Gasteiger partial charge >= 0.3 is 0 Å². The van der Waals surface area contributed by atoms with Crippen LogP contribution in [-0.4, -0.2) is 39.7 Å². The van der Waals surface area contributed by atoms with Gasteiger partial charge in [-0.3, -0.25) is 4.90 Å². The standard InChI is InChI=1S/C9H16N4S/c1-7-4-13(8(2)3-10-7)5-9-6-14-12-11-9/h6-8,10H,3-5H2,1-2H3. The van der Waals surface area contributed by atoms with E-state index >= 15 is 0 Å². The molecule has 0 radical (unpaired) electrons. The molecule has 1 aliphatic heterocycles. The van der Waals surface area contributed by atoms with E-state index in [1.54, 1.807) is 0 Å². The van der Waals surface area contributed by atoms with E-state index in [2.05, 4.69) is 33.7 Å². The Morgan fingerprint density at radius 2 is 2.50 bits per heavy atom. The molecular formula is C9H16N4S. The Morgan fingerprint density at radius 3 is 3.21 bits per heavy atom. The van der Waals surface area contributed by atoms with Gasteiger partial charge in [-0.1, -0.05) is 4.49 Å². The van der Waals surface area contributed by atoms with Gasteiger partial charge in [0.2, 0.25) is 0 Å². The molecule has 0 spiro atoms. The summed E-state index contributed by atoms with van der Waals surface area (Å²) in [6.45, 7) is 7.57. The molecule has 2 atom stereocenters. The molecule has 1 aromatic heterocycles. The Balaban J connectivity index is 1.95. The first-order valence-corrected chi connectivity index (χ1v) is 5.82. The minimum Gasteiger partial charge on any atom is -0.311 e. The van der Waals surface area contributed by atoms with Gasteiger partial charge < -0.3 is 5.32 Å². The van der Waals surface area contributed by atoms with E-state index in [0.29, 0.717) is 12.1 Å². The minimum atomic E-state index is 0.581. The SMILES string of the molecule is CC1CN(Cc2csnn2)C(C)CN1. The highest BCUT2D eigenvalue weighted by Crippen LogP contribution is 2.11. The second kappa shape index (κ2) is 4.33. The topological polar surface area (TPSA) is 41.1 Å². The van der Waals surface area contributed by atoms with Crippen molar-refractivity contribution in [2.75, 3.05) is 13.1 Å². The van der Waals surface area contributed by atoms with Gasteiger partial charge in [-0.05, 0) is 25.4 Å². The van der Waals surface area contributed by atoms with E-state index < -0.39 is 0 Å². The van der Waals surface area contributed by atoms with Crippen molar-refractivity contribution in [1.82, 2.24) is 19.8 Å². The molecule has 2 heterocycles. The maximum atomic E-state index is 4.08. The quantitative estimate of drug-likeness (QED) is 0.784. The molecule has 0 aromatic carbocycles. The predicted molar refractivity (Wildman–Crippen MR) is 57.2 cm³/mol. The van der Waals surface area contributed by atoms with Crippen molar-refractivity contribution < 1.29 is 0 Å². The molecule has 5 heteroatoms. The molecule has 14 heavy (non-hydrogen) atoms. The third kappa shape index (κ3) is 2.29. The number of rotatable bonds is 2. The highest BCUT2D eigenvalue weighted by Gasteiger charge is 2.22. The van der Waals surface area contributed by atoms with Gasteiger partial charge in [-0.15, -0.1) is 5.10 Å². The Hall–Kier alpha value is -0.520. The lowest BCUT2D eigenvalue weighted by Crippen LogP contribution is -2.53. The van der Waals surface area contributed by atoms with E-state index in [1.807, 2.05) is 5.38 Å². The summed E-state index contributed by atoms with van der Waals surface area (Å²) < 4.78 is 3.88. The number of hydrogen-bond acceptors (Lipinski definition) is 5. The summed E-state index contributed by atoms with van der Waals surface area (Å²) in [5, 5.41) is 9.57. The van der Waals surface area contributed by atoms with Crippen LogP contribution in [0.3, 0.4) is 0 Å². The molecule has 1 aliphatic rings. The van der Waals surface area contributed by atoms with Crippen molar-refractivity contribution >= 4 is 11.5 Å². The van der Waals surface area contributed by atoms with Crippen molar-refractivity contribution in [2.24, 2.45) is 0 Å². The molecular weight excluding hydrogens is 196 g/mol. The van der Waals surface area contributed by atoms with E-state index in [1.165, 1.54) is 11.5 Å². The van der Waals surface area contributed by atoms with E-state index in [-0.39, 0.29) is 0 Å². The maximum absolute atomic E-state index is 4.08. The Morgan fingerprint density at radius 1 is 1.64 bits per heavy atom. The molecule has 1 saturated heterocycles. The van der Waals surface area contributed by atoms with Gasteiger partial charge in [-0.2, -0.15) is 0 Å². The fourth-order valence-electron chi connectivity index (χ4n) is 1.78. The summed E-state index contributed by atoms with van der Waals surface area (Å²) in [7, 11) is 0. The lowest BCUT2D eigenvalue weighted by atomic mass is 10.1. The van der Waals surface area contributed by atoms with Crippen LogP contribution in [-0.2, 0) is 6.54 Å². The van der Waals surface area contributed by atoms with Crippen LogP contribution in [0.4, 0.5) is 0 Å². The largest absolute Gasteiger partial charge is 0.311 e. The molecule has 2 unspecified atom stereocenters. The van der Waals surface area contributed by atoms with Crippen LogP contribution >= 0.6 is 11.5 Å². The van der Waals surface area contributed by atoms with Crippen LogP contribution in [0.5, 0.6) is 0 Å². The lowest BCUT2D eigenvalue weighted by molar-refractivity contribution is 0.137. The van der Waals surface area contributed by atoms with Crippen LogP contribution in [0.2, 0.25) is 0 Å². The van der Waals surface area contributed by atoms with Crippen LogP contribution in [0.25, 0.3) is 0 Å².